The number of carbonyl (C=O) groups is 1. The number of amides is 1. The van der Waals surface area contributed by atoms with E-state index in [1.54, 1.807) is 4.90 Å². The number of epoxide rings is 1. The highest BCUT2D eigenvalue weighted by Gasteiger charge is 2.72. The minimum Gasteiger partial charge on any atom is -0.388 e. The minimum absolute atomic E-state index is 0.00437. The van der Waals surface area contributed by atoms with Gasteiger partial charge >= 0.3 is 0 Å². The molecule has 0 bridgehead atoms. The van der Waals surface area contributed by atoms with E-state index in [9.17, 15) is 9.90 Å². The van der Waals surface area contributed by atoms with Gasteiger partial charge in [0.05, 0.1) is 13.2 Å². The van der Waals surface area contributed by atoms with Gasteiger partial charge in [0.25, 0.3) is 5.91 Å². The second-order valence-electron chi connectivity index (χ2n) is 5.39. The fourth-order valence-corrected chi connectivity index (χ4v) is 3.18. The molecule has 0 aliphatic carbocycles. The highest BCUT2D eigenvalue weighted by atomic mass is 16.7. The Kier molecular flexibility index (Phi) is 2.27. The zero-order valence-electron chi connectivity index (χ0n) is 10.4. The summed E-state index contributed by atoms with van der Waals surface area (Å²) < 4.78 is 11.0. The molecule has 0 saturated carbocycles. The van der Waals surface area contributed by atoms with Gasteiger partial charge in [-0.25, -0.2) is 0 Å². The summed E-state index contributed by atoms with van der Waals surface area (Å²) in [6, 6.07) is 9.75. The SMILES string of the molecule is O=C1N(Cc2ccccc2)C[C@@H](O)[C@]12OC[C@H]1O[C@H]12. The number of aliphatic hydroxyl groups excluding tert-OH is 1. The largest absolute Gasteiger partial charge is 0.388 e. The van der Waals surface area contributed by atoms with Crippen LogP contribution >= 0.6 is 0 Å². The van der Waals surface area contributed by atoms with Gasteiger partial charge in [0.1, 0.15) is 18.3 Å². The summed E-state index contributed by atoms with van der Waals surface area (Å²) >= 11 is 0. The lowest BCUT2D eigenvalue weighted by atomic mass is 9.95. The lowest BCUT2D eigenvalue weighted by Crippen LogP contribution is -2.50. The topological polar surface area (TPSA) is 62.3 Å². The van der Waals surface area contributed by atoms with Crippen LogP contribution < -0.4 is 0 Å². The second kappa shape index (κ2) is 3.79. The van der Waals surface area contributed by atoms with Crippen LogP contribution in [0.5, 0.6) is 0 Å². The first-order chi connectivity index (χ1) is 9.22. The van der Waals surface area contributed by atoms with Gasteiger partial charge in [-0.2, -0.15) is 0 Å². The molecule has 0 aromatic heterocycles. The van der Waals surface area contributed by atoms with E-state index in [1.165, 1.54) is 0 Å². The summed E-state index contributed by atoms with van der Waals surface area (Å²) in [5.41, 5.74) is -0.0919. The average molecular weight is 261 g/mol. The third kappa shape index (κ3) is 1.49. The Labute approximate surface area is 110 Å². The predicted octanol–water partition coefficient (Wildman–Crippen LogP) is -0.0739. The molecule has 3 aliphatic rings. The molecule has 1 spiro atoms. The lowest BCUT2D eigenvalue weighted by Gasteiger charge is -2.25. The summed E-state index contributed by atoms with van der Waals surface area (Å²) in [5.74, 6) is -0.145. The molecule has 4 rings (SSSR count). The van der Waals surface area contributed by atoms with E-state index in [0.717, 1.165) is 5.56 Å². The van der Waals surface area contributed by atoms with Crippen LogP contribution in [0.2, 0.25) is 0 Å². The number of fused-ring (bicyclic) bond motifs is 2. The Morgan fingerprint density at radius 1 is 1.37 bits per heavy atom. The number of rotatable bonds is 2. The molecule has 3 saturated heterocycles. The molecular weight excluding hydrogens is 246 g/mol. The van der Waals surface area contributed by atoms with Crippen LogP contribution in [0.25, 0.3) is 0 Å². The highest BCUT2D eigenvalue weighted by Crippen LogP contribution is 2.48. The molecule has 19 heavy (non-hydrogen) atoms. The molecule has 3 aliphatic heterocycles. The van der Waals surface area contributed by atoms with E-state index < -0.39 is 11.7 Å². The predicted molar refractivity (Wildman–Crippen MR) is 65.2 cm³/mol. The number of hydrogen-bond donors (Lipinski definition) is 1. The van der Waals surface area contributed by atoms with Crippen LogP contribution in [-0.4, -0.2) is 53.0 Å². The Balaban J connectivity index is 1.58. The van der Waals surface area contributed by atoms with Crippen molar-refractivity contribution in [1.82, 2.24) is 4.90 Å². The smallest absolute Gasteiger partial charge is 0.260 e. The van der Waals surface area contributed by atoms with Gasteiger partial charge in [-0.1, -0.05) is 30.3 Å². The van der Waals surface area contributed by atoms with E-state index in [1.807, 2.05) is 30.3 Å². The van der Waals surface area contributed by atoms with Crippen LogP contribution in [0.3, 0.4) is 0 Å². The van der Waals surface area contributed by atoms with Crippen LogP contribution in [0, 0.1) is 0 Å². The fourth-order valence-electron chi connectivity index (χ4n) is 3.18. The van der Waals surface area contributed by atoms with Crippen LogP contribution in [0.15, 0.2) is 30.3 Å². The molecule has 1 aromatic carbocycles. The van der Waals surface area contributed by atoms with Crippen molar-refractivity contribution >= 4 is 5.91 Å². The monoisotopic (exact) mass is 261 g/mol. The molecule has 5 heteroatoms. The number of aliphatic hydroxyl groups is 1. The normalized spacial score (nSPS) is 39.9. The molecule has 100 valence electrons. The maximum atomic E-state index is 12.5. The Bertz CT molecular complexity index is 519. The molecule has 0 unspecified atom stereocenters. The molecule has 5 nitrogen and oxygen atoms in total. The number of benzene rings is 1. The summed E-state index contributed by atoms with van der Waals surface area (Å²) in [6.45, 7) is 1.21. The van der Waals surface area contributed by atoms with Crippen molar-refractivity contribution in [1.29, 1.82) is 0 Å². The number of β-amino-alcohol motifs (C(OH)–C–C–N with tert-alkyl or cyclic N) is 1. The minimum atomic E-state index is -1.14. The molecule has 3 fully saturated rings. The summed E-state index contributed by atoms with van der Waals surface area (Å²) in [5, 5.41) is 10.2. The zero-order chi connectivity index (χ0) is 13.0. The lowest BCUT2D eigenvalue weighted by molar-refractivity contribution is -0.159. The Morgan fingerprint density at radius 3 is 2.79 bits per heavy atom. The van der Waals surface area contributed by atoms with Gasteiger partial charge in [-0.15, -0.1) is 0 Å². The van der Waals surface area contributed by atoms with E-state index >= 15 is 0 Å². The van der Waals surface area contributed by atoms with E-state index in [2.05, 4.69) is 0 Å². The number of ether oxygens (including phenoxy) is 2. The van der Waals surface area contributed by atoms with E-state index in [-0.39, 0.29) is 18.1 Å². The van der Waals surface area contributed by atoms with Crippen molar-refractivity contribution < 1.29 is 19.4 Å². The molecule has 3 heterocycles. The van der Waals surface area contributed by atoms with Crippen molar-refractivity contribution in [3.05, 3.63) is 35.9 Å². The molecule has 1 amide bonds. The maximum absolute atomic E-state index is 12.5. The van der Waals surface area contributed by atoms with E-state index in [4.69, 9.17) is 9.47 Å². The number of carbonyl (C=O) groups excluding carboxylic acids is 1. The molecule has 1 N–H and O–H groups in total. The quantitative estimate of drug-likeness (QED) is 0.757. The van der Waals surface area contributed by atoms with Crippen LogP contribution in [-0.2, 0) is 20.8 Å². The molecular formula is C14H15NO4. The van der Waals surface area contributed by atoms with Crippen molar-refractivity contribution in [2.45, 2.75) is 30.5 Å². The van der Waals surface area contributed by atoms with E-state index in [0.29, 0.717) is 19.7 Å². The summed E-state index contributed by atoms with van der Waals surface area (Å²) in [4.78, 5) is 14.2. The summed E-state index contributed by atoms with van der Waals surface area (Å²) in [7, 11) is 0. The van der Waals surface area contributed by atoms with Gasteiger partial charge in [-0.05, 0) is 5.56 Å². The van der Waals surface area contributed by atoms with Crippen molar-refractivity contribution in [3.63, 3.8) is 0 Å². The Morgan fingerprint density at radius 2 is 2.16 bits per heavy atom. The molecule has 1 aromatic rings. The first-order valence-corrected chi connectivity index (χ1v) is 6.52. The number of likely N-dealkylation sites (tertiary alicyclic amines) is 1. The van der Waals surface area contributed by atoms with Gasteiger partial charge in [-0.3, -0.25) is 4.79 Å². The zero-order valence-corrected chi connectivity index (χ0v) is 10.4. The highest BCUT2D eigenvalue weighted by molar-refractivity contribution is 5.90. The molecule has 0 radical (unpaired) electrons. The third-order valence-electron chi connectivity index (χ3n) is 4.22. The van der Waals surface area contributed by atoms with Gasteiger partial charge in [0, 0.05) is 6.54 Å². The number of nitrogens with zero attached hydrogens (tertiary/aromatic N) is 1. The second-order valence-corrected chi connectivity index (χ2v) is 5.39. The van der Waals surface area contributed by atoms with Gasteiger partial charge in [0.15, 0.2) is 0 Å². The van der Waals surface area contributed by atoms with Crippen molar-refractivity contribution in [3.8, 4) is 0 Å². The van der Waals surface area contributed by atoms with Crippen molar-refractivity contribution in [2.75, 3.05) is 13.2 Å². The summed E-state index contributed by atoms with van der Waals surface area (Å²) in [6.07, 6.45) is -1.06. The van der Waals surface area contributed by atoms with Crippen LogP contribution in [0.1, 0.15) is 5.56 Å². The average Bonchev–Trinajstić information content (AvgIpc) is 3.06. The fraction of sp³-hybridized carbons (Fsp3) is 0.500. The first kappa shape index (κ1) is 11.4. The Hall–Kier alpha value is -1.43. The maximum Gasteiger partial charge on any atom is 0.260 e. The van der Waals surface area contributed by atoms with Crippen molar-refractivity contribution in [2.24, 2.45) is 0 Å². The standard InChI is InChI=1S/C14H15NO4/c16-11-7-15(6-9-4-2-1-3-5-9)13(17)14(11)12-10(19-12)8-18-14/h1-5,10-12,16H,6-8H2/t10-,11-,12-,14-/m1/s1. The third-order valence-corrected chi connectivity index (χ3v) is 4.22. The first-order valence-electron chi connectivity index (χ1n) is 6.52. The van der Waals surface area contributed by atoms with Crippen LogP contribution in [0.4, 0.5) is 0 Å². The molecule has 4 atom stereocenters. The number of hydrogen-bond acceptors (Lipinski definition) is 4. The van der Waals surface area contributed by atoms with Gasteiger partial charge < -0.3 is 19.5 Å². The van der Waals surface area contributed by atoms with Gasteiger partial charge in [0.2, 0.25) is 5.60 Å².